The maximum Gasteiger partial charge on any atom is 0.412 e. The quantitative estimate of drug-likeness (QED) is 0.828. The van der Waals surface area contributed by atoms with Crippen LogP contribution in [-0.4, -0.2) is 21.7 Å². The second-order valence-electron chi connectivity index (χ2n) is 5.15. The Morgan fingerprint density at radius 1 is 1.39 bits per heavy atom. The topological polar surface area (TPSA) is 56.3 Å². The third-order valence-electron chi connectivity index (χ3n) is 2.72. The van der Waals surface area contributed by atoms with Crippen LogP contribution in [0, 0.1) is 0 Å². The molecule has 1 amide bonds. The molecule has 5 heteroatoms. The van der Waals surface area contributed by atoms with Crippen molar-refractivity contribution in [3.63, 3.8) is 0 Å². The van der Waals surface area contributed by atoms with Crippen LogP contribution >= 0.6 is 15.9 Å². The van der Waals surface area contributed by atoms with Crippen molar-refractivity contribution in [2.45, 2.75) is 26.3 Å². The number of aromatic nitrogens is 1. The molecule has 1 aromatic heterocycles. The molecule has 96 valence electrons. The molecule has 0 fully saturated rings. The predicted molar refractivity (Wildman–Crippen MR) is 76.3 cm³/mol. The maximum absolute atomic E-state index is 11.5. The van der Waals surface area contributed by atoms with Crippen molar-refractivity contribution in [3.8, 4) is 0 Å². The summed E-state index contributed by atoms with van der Waals surface area (Å²) in [7, 11) is 0. The molecule has 0 radical (unpaired) electrons. The van der Waals surface area contributed by atoms with Crippen LogP contribution in [0.1, 0.15) is 20.8 Å². The molecule has 1 heterocycles. The molecule has 1 aromatic carbocycles. The monoisotopic (exact) mass is 310 g/mol. The normalized spacial score (nSPS) is 11.8. The summed E-state index contributed by atoms with van der Waals surface area (Å²) in [6, 6.07) is 5.76. The Kier molecular flexibility index (Phi) is 3.11. The van der Waals surface area contributed by atoms with E-state index in [0.29, 0.717) is 5.69 Å². The Balaban J connectivity index is 2.65. The fraction of sp³-hybridized carbons (Fsp3) is 0.308. The van der Waals surface area contributed by atoms with E-state index in [-0.39, 0.29) is 0 Å². The fourth-order valence-electron chi connectivity index (χ4n) is 2.01. The number of carboxylic acid groups (broad SMARTS) is 1. The summed E-state index contributed by atoms with van der Waals surface area (Å²) in [5.74, 6) is 0. The van der Waals surface area contributed by atoms with Crippen molar-refractivity contribution in [1.82, 2.24) is 4.98 Å². The second kappa shape index (κ2) is 4.31. The van der Waals surface area contributed by atoms with Crippen molar-refractivity contribution in [2.24, 2.45) is 0 Å². The third-order valence-corrected chi connectivity index (χ3v) is 3.22. The Morgan fingerprint density at radius 3 is 2.61 bits per heavy atom. The van der Waals surface area contributed by atoms with Crippen LogP contribution in [0.3, 0.4) is 0 Å². The number of benzene rings is 1. The number of hydrogen-bond acceptors (Lipinski definition) is 1. The van der Waals surface area contributed by atoms with E-state index in [9.17, 15) is 9.90 Å². The van der Waals surface area contributed by atoms with Crippen LogP contribution in [0.4, 0.5) is 10.5 Å². The van der Waals surface area contributed by atoms with Gasteiger partial charge in [-0.1, -0.05) is 15.9 Å². The molecular formula is C13H15BrN2O2. The highest BCUT2D eigenvalue weighted by Crippen LogP contribution is 2.33. The molecule has 2 N–H and O–H groups in total. The smallest absolute Gasteiger partial charge is 0.412 e. The van der Waals surface area contributed by atoms with Crippen molar-refractivity contribution in [1.29, 1.82) is 0 Å². The van der Waals surface area contributed by atoms with Crippen LogP contribution in [0.2, 0.25) is 0 Å². The van der Waals surface area contributed by atoms with Gasteiger partial charge in [-0.25, -0.2) is 4.79 Å². The lowest BCUT2D eigenvalue weighted by atomic mass is 10.1. The summed E-state index contributed by atoms with van der Waals surface area (Å²) in [6.07, 6.45) is 0.777. The number of nitrogens with one attached hydrogen (secondary N) is 1. The van der Waals surface area contributed by atoms with Gasteiger partial charge in [0.05, 0.1) is 5.69 Å². The zero-order chi connectivity index (χ0) is 13.5. The van der Waals surface area contributed by atoms with Gasteiger partial charge in [-0.3, -0.25) is 4.90 Å². The van der Waals surface area contributed by atoms with Crippen LogP contribution < -0.4 is 4.90 Å². The number of nitrogens with zero attached hydrogens (tertiary/aromatic N) is 1. The van der Waals surface area contributed by atoms with Gasteiger partial charge in [0.1, 0.15) is 0 Å². The largest absolute Gasteiger partial charge is 0.465 e. The minimum absolute atomic E-state index is 0.497. The average molecular weight is 311 g/mol. The summed E-state index contributed by atoms with van der Waals surface area (Å²) >= 11 is 3.41. The first-order valence-electron chi connectivity index (χ1n) is 5.60. The molecule has 0 bridgehead atoms. The van der Waals surface area contributed by atoms with E-state index in [1.807, 2.05) is 39.0 Å². The molecule has 0 aliphatic heterocycles. The van der Waals surface area contributed by atoms with Crippen molar-refractivity contribution in [3.05, 3.63) is 28.9 Å². The number of halogens is 1. The van der Waals surface area contributed by atoms with E-state index in [1.165, 1.54) is 4.90 Å². The van der Waals surface area contributed by atoms with Crippen LogP contribution in [-0.2, 0) is 0 Å². The van der Waals surface area contributed by atoms with Gasteiger partial charge in [0.25, 0.3) is 0 Å². The number of fused-ring (bicyclic) bond motifs is 1. The van der Waals surface area contributed by atoms with Crippen molar-refractivity contribution >= 4 is 38.6 Å². The predicted octanol–water partition coefficient (Wildman–Crippen LogP) is 4.21. The molecule has 0 unspecified atom stereocenters. The molecule has 0 saturated heterocycles. The van der Waals surface area contributed by atoms with E-state index < -0.39 is 11.6 Å². The molecule has 4 nitrogen and oxygen atoms in total. The van der Waals surface area contributed by atoms with Gasteiger partial charge >= 0.3 is 6.09 Å². The summed E-state index contributed by atoms with van der Waals surface area (Å²) < 4.78 is 0.926. The highest BCUT2D eigenvalue weighted by Gasteiger charge is 2.29. The van der Waals surface area contributed by atoms with Gasteiger partial charge in [-0.05, 0) is 39.0 Å². The molecular weight excluding hydrogens is 296 g/mol. The highest BCUT2D eigenvalue weighted by molar-refractivity contribution is 9.10. The molecule has 2 rings (SSSR count). The Hall–Kier alpha value is -1.49. The van der Waals surface area contributed by atoms with E-state index in [0.717, 1.165) is 15.4 Å². The first kappa shape index (κ1) is 13.0. The minimum Gasteiger partial charge on any atom is -0.465 e. The number of amides is 1. The fourth-order valence-corrected chi connectivity index (χ4v) is 2.38. The molecule has 0 aliphatic rings. The molecule has 0 spiro atoms. The summed E-state index contributed by atoms with van der Waals surface area (Å²) in [6.45, 7) is 5.62. The zero-order valence-electron chi connectivity index (χ0n) is 10.5. The molecule has 18 heavy (non-hydrogen) atoms. The van der Waals surface area contributed by atoms with Crippen LogP contribution in [0.5, 0.6) is 0 Å². The van der Waals surface area contributed by atoms with E-state index in [2.05, 4.69) is 20.9 Å². The van der Waals surface area contributed by atoms with Crippen molar-refractivity contribution in [2.75, 3.05) is 4.90 Å². The zero-order valence-corrected chi connectivity index (χ0v) is 12.1. The van der Waals surface area contributed by atoms with E-state index in [4.69, 9.17) is 0 Å². The number of hydrogen-bond donors (Lipinski definition) is 2. The Morgan fingerprint density at radius 2 is 2.06 bits per heavy atom. The number of rotatable bonds is 1. The molecule has 0 saturated carbocycles. The lowest BCUT2D eigenvalue weighted by molar-refractivity contribution is 0.196. The summed E-state index contributed by atoms with van der Waals surface area (Å²) in [5, 5.41) is 10.3. The van der Waals surface area contributed by atoms with Gasteiger partial charge in [0, 0.05) is 27.1 Å². The van der Waals surface area contributed by atoms with E-state index >= 15 is 0 Å². The SMILES string of the molecule is CC(C)(C)N(C(=O)O)c1c[nH]c2ccc(Br)cc12. The second-order valence-corrected chi connectivity index (χ2v) is 6.07. The number of aromatic amines is 1. The average Bonchev–Trinajstić information content (AvgIpc) is 2.59. The molecule has 0 aliphatic carbocycles. The Bertz CT molecular complexity index is 599. The summed E-state index contributed by atoms with van der Waals surface area (Å²) in [4.78, 5) is 15.9. The maximum atomic E-state index is 11.5. The van der Waals surface area contributed by atoms with Gasteiger partial charge < -0.3 is 10.1 Å². The standard InChI is InChI=1S/C13H15BrN2O2/c1-13(2,3)16(12(17)18)11-7-15-10-5-4-8(14)6-9(10)11/h4-7,15H,1-3H3,(H,17,18). The van der Waals surface area contributed by atoms with Gasteiger partial charge in [-0.2, -0.15) is 0 Å². The number of H-pyrrole nitrogens is 1. The lowest BCUT2D eigenvalue weighted by Gasteiger charge is -2.32. The summed E-state index contributed by atoms with van der Waals surface area (Å²) in [5.41, 5.74) is 1.10. The van der Waals surface area contributed by atoms with Crippen LogP contribution in [0.15, 0.2) is 28.9 Å². The first-order valence-corrected chi connectivity index (χ1v) is 6.40. The Labute approximate surface area is 114 Å². The first-order chi connectivity index (χ1) is 8.30. The number of anilines is 1. The molecule has 0 atom stereocenters. The highest BCUT2D eigenvalue weighted by atomic mass is 79.9. The third kappa shape index (κ3) is 2.22. The number of carbonyl (C=O) groups is 1. The lowest BCUT2D eigenvalue weighted by Crippen LogP contribution is -2.45. The molecule has 2 aromatic rings. The minimum atomic E-state index is -0.955. The van der Waals surface area contributed by atoms with Gasteiger partial charge in [0.2, 0.25) is 0 Å². The van der Waals surface area contributed by atoms with E-state index in [1.54, 1.807) is 6.20 Å². The van der Waals surface area contributed by atoms with Crippen molar-refractivity contribution < 1.29 is 9.90 Å². The van der Waals surface area contributed by atoms with Gasteiger partial charge in [0.15, 0.2) is 0 Å². The van der Waals surface area contributed by atoms with Crippen LogP contribution in [0.25, 0.3) is 10.9 Å². The van der Waals surface area contributed by atoms with Gasteiger partial charge in [-0.15, -0.1) is 0 Å².